The van der Waals surface area contributed by atoms with Gasteiger partial charge in [-0.05, 0) is 85.9 Å². The first-order valence-electron chi connectivity index (χ1n) is 18.7. The van der Waals surface area contributed by atoms with Gasteiger partial charge in [0, 0.05) is 43.6 Å². The highest BCUT2D eigenvalue weighted by molar-refractivity contribution is 9.10. The first-order chi connectivity index (χ1) is 25.9. The molecule has 8 rings (SSSR count). The predicted molar refractivity (Wildman–Crippen MR) is 206 cm³/mol. The van der Waals surface area contributed by atoms with Crippen LogP contribution < -0.4 is 0 Å². The Morgan fingerprint density at radius 1 is 0.870 bits per heavy atom. The highest BCUT2D eigenvalue weighted by atomic mass is 79.9. The Morgan fingerprint density at radius 2 is 1.52 bits per heavy atom. The fraction of sp³-hybridized carbons (Fsp3) is 0.465. The van der Waals surface area contributed by atoms with Gasteiger partial charge in [-0.15, -0.1) is 0 Å². The maximum atomic E-state index is 14.0. The summed E-state index contributed by atoms with van der Waals surface area (Å²) in [4.78, 5) is 40.6. The highest BCUT2D eigenvalue weighted by Gasteiger charge is 2.79. The SMILES string of the molecule is C[C@@H]1[C@@H](OC(=O)c2ccc(Br)cc2)[C@H](OC(=O)/C=C/c2ccccc2)[C@]2(C)[C@@H]3[C@@H](CC[C@]24CO4)O[C@@H]2O[C@@H](C[C@H]2CCOC(=O)c2ccc(Br)cc2)[C@@]13C. The molecule has 54 heavy (non-hydrogen) atoms. The minimum Gasteiger partial charge on any atom is -0.462 e. The van der Waals surface area contributed by atoms with E-state index in [1.165, 1.54) is 6.08 Å². The number of ether oxygens (including phenoxy) is 6. The van der Waals surface area contributed by atoms with Crippen LogP contribution in [0.15, 0.2) is 93.9 Å². The van der Waals surface area contributed by atoms with Gasteiger partial charge in [0.05, 0.1) is 36.5 Å². The number of fused-ring (bicyclic) bond motifs is 4. The minimum absolute atomic E-state index is 0.0144. The third-order valence-electron chi connectivity index (χ3n) is 13.1. The van der Waals surface area contributed by atoms with Crippen molar-refractivity contribution < 1.29 is 42.8 Å². The Bertz CT molecular complexity index is 1910. The Labute approximate surface area is 332 Å². The van der Waals surface area contributed by atoms with Crippen LogP contribution in [0, 0.1) is 28.6 Å². The van der Waals surface area contributed by atoms with Crippen molar-refractivity contribution in [1.82, 2.24) is 0 Å². The van der Waals surface area contributed by atoms with Crippen molar-refractivity contribution in [2.75, 3.05) is 13.2 Å². The molecule has 3 heterocycles. The average Bonchev–Trinajstić information content (AvgIpc) is 3.88. The Morgan fingerprint density at radius 3 is 2.17 bits per heavy atom. The maximum Gasteiger partial charge on any atom is 0.338 e. The molecule has 2 aliphatic carbocycles. The van der Waals surface area contributed by atoms with E-state index < -0.39 is 46.9 Å². The lowest BCUT2D eigenvalue weighted by atomic mass is 9.41. The Hall–Kier alpha value is -3.35. The van der Waals surface area contributed by atoms with Gasteiger partial charge < -0.3 is 28.4 Å². The van der Waals surface area contributed by atoms with Gasteiger partial charge in [0.15, 0.2) is 6.29 Å². The first kappa shape index (κ1) is 37.6. The van der Waals surface area contributed by atoms with Crippen LogP contribution >= 0.6 is 31.9 Å². The van der Waals surface area contributed by atoms with Crippen molar-refractivity contribution >= 4 is 55.8 Å². The number of benzene rings is 3. The highest BCUT2D eigenvalue weighted by Crippen LogP contribution is 2.71. The fourth-order valence-electron chi connectivity index (χ4n) is 10.1. The molecule has 284 valence electrons. The van der Waals surface area contributed by atoms with Gasteiger partial charge in [-0.1, -0.05) is 83.0 Å². The molecular formula is C43H44Br2O9. The van der Waals surface area contributed by atoms with Crippen LogP contribution in [0.5, 0.6) is 0 Å². The summed E-state index contributed by atoms with van der Waals surface area (Å²) < 4.78 is 40.8. The number of esters is 3. The molecule has 3 aromatic rings. The summed E-state index contributed by atoms with van der Waals surface area (Å²) in [6.07, 6.45) is 3.20. The van der Waals surface area contributed by atoms with E-state index in [0.29, 0.717) is 37.0 Å². The van der Waals surface area contributed by atoms with Crippen LogP contribution in [-0.4, -0.2) is 67.4 Å². The molecule has 11 atom stereocenters. The molecule has 5 fully saturated rings. The lowest BCUT2D eigenvalue weighted by Crippen LogP contribution is -2.74. The molecule has 2 saturated carbocycles. The van der Waals surface area contributed by atoms with Crippen LogP contribution in [-0.2, 0) is 33.2 Å². The van der Waals surface area contributed by atoms with Gasteiger partial charge in [0.25, 0.3) is 0 Å². The van der Waals surface area contributed by atoms with Gasteiger partial charge in [0.2, 0.25) is 0 Å². The average molecular weight is 865 g/mol. The van der Waals surface area contributed by atoms with E-state index in [1.54, 1.807) is 42.5 Å². The molecule has 5 aliphatic rings. The van der Waals surface area contributed by atoms with Gasteiger partial charge >= 0.3 is 17.9 Å². The Balaban J connectivity index is 1.11. The zero-order valence-electron chi connectivity index (χ0n) is 30.5. The van der Waals surface area contributed by atoms with Gasteiger partial charge in [0.1, 0.15) is 17.8 Å². The summed E-state index contributed by atoms with van der Waals surface area (Å²) in [6, 6.07) is 23.7. The number of hydrogen-bond donors (Lipinski definition) is 0. The van der Waals surface area contributed by atoms with Crippen molar-refractivity contribution in [2.24, 2.45) is 28.6 Å². The summed E-state index contributed by atoms with van der Waals surface area (Å²) in [5.74, 6) is -1.87. The molecule has 0 N–H and O–H groups in total. The molecule has 3 aliphatic heterocycles. The molecule has 1 spiro atoms. The minimum atomic E-state index is -0.836. The van der Waals surface area contributed by atoms with E-state index in [2.05, 4.69) is 52.6 Å². The van der Waals surface area contributed by atoms with Crippen molar-refractivity contribution in [3.8, 4) is 0 Å². The Kier molecular flexibility index (Phi) is 10.2. The molecule has 0 aromatic heterocycles. The lowest BCUT2D eigenvalue weighted by Gasteiger charge is -2.66. The second-order valence-corrected chi connectivity index (χ2v) is 17.6. The topological polar surface area (TPSA) is 110 Å². The number of carbonyl (C=O) groups is 3. The van der Waals surface area contributed by atoms with Crippen molar-refractivity contribution in [3.05, 3.63) is 111 Å². The van der Waals surface area contributed by atoms with Crippen molar-refractivity contribution in [1.29, 1.82) is 0 Å². The molecule has 3 saturated heterocycles. The third-order valence-corrected chi connectivity index (χ3v) is 14.2. The van der Waals surface area contributed by atoms with E-state index in [9.17, 15) is 14.4 Å². The van der Waals surface area contributed by atoms with E-state index in [1.807, 2.05) is 42.5 Å². The molecule has 3 aromatic carbocycles. The van der Waals surface area contributed by atoms with Crippen LogP contribution in [0.4, 0.5) is 0 Å². The molecule has 11 heteroatoms. The van der Waals surface area contributed by atoms with E-state index in [0.717, 1.165) is 20.9 Å². The third kappa shape index (κ3) is 6.57. The normalized spacial score (nSPS) is 36.2. The number of carbonyl (C=O) groups excluding carboxylic acids is 3. The van der Waals surface area contributed by atoms with Crippen molar-refractivity contribution in [3.63, 3.8) is 0 Å². The number of halogens is 2. The molecule has 0 unspecified atom stereocenters. The van der Waals surface area contributed by atoms with E-state index >= 15 is 0 Å². The summed E-state index contributed by atoms with van der Waals surface area (Å²) in [7, 11) is 0. The largest absolute Gasteiger partial charge is 0.462 e. The van der Waals surface area contributed by atoms with Gasteiger partial charge in [-0.3, -0.25) is 0 Å². The van der Waals surface area contributed by atoms with Gasteiger partial charge in [-0.25, -0.2) is 14.4 Å². The summed E-state index contributed by atoms with van der Waals surface area (Å²) in [6.45, 7) is 7.20. The quantitative estimate of drug-likeness (QED) is 0.0905. The predicted octanol–water partition coefficient (Wildman–Crippen LogP) is 8.58. The summed E-state index contributed by atoms with van der Waals surface area (Å²) in [5, 5.41) is 0. The van der Waals surface area contributed by atoms with Crippen LogP contribution in [0.25, 0.3) is 6.08 Å². The van der Waals surface area contributed by atoms with Crippen LogP contribution in [0.2, 0.25) is 0 Å². The molecule has 0 radical (unpaired) electrons. The molecule has 0 amide bonds. The second kappa shape index (κ2) is 14.6. The fourth-order valence-corrected chi connectivity index (χ4v) is 10.6. The van der Waals surface area contributed by atoms with Crippen molar-refractivity contribution in [2.45, 2.75) is 82.8 Å². The number of rotatable bonds is 9. The summed E-state index contributed by atoms with van der Waals surface area (Å²) >= 11 is 6.86. The standard InChI is InChI=1S/C43H44Br2O9/c1-25-35(54-39(48)28-12-16-31(45)17-13-28)37(53-34(46)18-9-26-7-5-4-6-8-26)42(3)36-32(19-21-43(42)24-50-43)51-40-29(23-33(52-40)41(25,36)2)20-22-49-38(47)27-10-14-30(44)15-11-27/h4-18,25,29,32-33,35-37,40H,19-24H2,1-3H3/b18-9+/t25-,29-,32-,33+,35-,36-,37+,40-,41-,42+,43+/m1/s1. The number of epoxide rings is 1. The number of hydrogen-bond acceptors (Lipinski definition) is 9. The molecule has 9 nitrogen and oxygen atoms in total. The smallest absolute Gasteiger partial charge is 0.338 e. The molecule has 2 bridgehead atoms. The summed E-state index contributed by atoms with van der Waals surface area (Å²) in [5.41, 5.74) is -0.197. The first-order valence-corrected chi connectivity index (χ1v) is 20.3. The monoisotopic (exact) mass is 862 g/mol. The second-order valence-electron chi connectivity index (χ2n) is 15.8. The zero-order chi connectivity index (χ0) is 37.8. The van der Waals surface area contributed by atoms with Gasteiger partial charge in [-0.2, -0.15) is 0 Å². The molecular weight excluding hydrogens is 820 g/mol. The van der Waals surface area contributed by atoms with Crippen LogP contribution in [0.3, 0.4) is 0 Å². The van der Waals surface area contributed by atoms with E-state index in [4.69, 9.17) is 28.4 Å². The zero-order valence-corrected chi connectivity index (χ0v) is 33.6. The van der Waals surface area contributed by atoms with Crippen LogP contribution in [0.1, 0.15) is 72.7 Å². The van der Waals surface area contributed by atoms with E-state index in [-0.39, 0.29) is 42.5 Å². The lowest BCUT2D eigenvalue weighted by molar-refractivity contribution is -0.273. The maximum absolute atomic E-state index is 14.0.